The Hall–Kier alpha value is -2.54. The molecule has 190 valence electrons. The fourth-order valence-electron chi connectivity index (χ4n) is 5.13. The lowest BCUT2D eigenvalue weighted by atomic mass is 9.71. The summed E-state index contributed by atoms with van der Waals surface area (Å²) in [5, 5.41) is 0. The molecular formula is C28H35F3N2O2. The number of para-hydroxylation sites is 1. The molecule has 7 heteroatoms. The number of hydrogen-bond acceptors (Lipinski definition) is 3. The van der Waals surface area contributed by atoms with Gasteiger partial charge in [0.1, 0.15) is 5.75 Å². The van der Waals surface area contributed by atoms with E-state index in [1.165, 1.54) is 17.7 Å². The molecular weight excluding hydrogens is 453 g/mol. The number of nitrogens with zero attached hydrogens (tertiary/aromatic N) is 2. The zero-order valence-electron chi connectivity index (χ0n) is 20.6. The number of benzene rings is 2. The van der Waals surface area contributed by atoms with Crippen molar-refractivity contribution in [3.8, 4) is 5.75 Å². The SMILES string of the molecule is CC(C)COc1ccccc1CN1CCC2(CC1)CCN(C(=O)c1ccc(C(F)(F)F)cc1)CC2. The summed E-state index contributed by atoms with van der Waals surface area (Å²) in [7, 11) is 0. The smallest absolute Gasteiger partial charge is 0.416 e. The highest BCUT2D eigenvalue weighted by Crippen LogP contribution is 2.42. The highest BCUT2D eigenvalue weighted by Gasteiger charge is 2.39. The van der Waals surface area contributed by atoms with Crippen LogP contribution in [0.4, 0.5) is 13.2 Å². The van der Waals surface area contributed by atoms with Crippen LogP contribution in [-0.4, -0.2) is 48.5 Å². The third-order valence-corrected chi connectivity index (χ3v) is 7.43. The third kappa shape index (κ3) is 6.37. The van der Waals surface area contributed by atoms with Crippen molar-refractivity contribution in [1.82, 2.24) is 9.80 Å². The topological polar surface area (TPSA) is 32.8 Å². The van der Waals surface area contributed by atoms with E-state index < -0.39 is 11.7 Å². The maximum atomic E-state index is 12.8. The van der Waals surface area contributed by atoms with Gasteiger partial charge in [0, 0.05) is 30.8 Å². The molecule has 4 nitrogen and oxygen atoms in total. The molecule has 0 aromatic heterocycles. The average molecular weight is 489 g/mol. The van der Waals surface area contributed by atoms with Crippen molar-refractivity contribution in [2.75, 3.05) is 32.8 Å². The fourth-order valence-corrected chi connectivity index (χ4v) is 5.13. The molecule has 1 amide bonds. The molecule has 2 saturated heterocycles. The molecule has 0 atom stereocenters. The Morgan fingerprint density at radius 1 is 0.943 bits per heavy atom. The summed E-state index contributed by atoms with van der Waals surface area (Å²) in [6.45, 7) is 9.24. The molecule has 0 aliphatic carbocycles. The molecule has 0 radical (unpaired) electrons. The number of rotatable bonds is 6. The van der Waals surface area contributed by atoms with E-state index in [0.29, 0.717) is 31.2 Å². The van der Waals surface area contributed by atoms with Gasteiger partial charge in [-0.05, 0) is 80.4 Å². The number of amides is 1. The summed E-state index contributed by atoms with van der Waals surface area (Å²) in [6.07, 6.45) is -0.297. The molecule has 1 spiro atoms. The van der Waals surface area contributed by atoms with Gasteiger partial charge in [0.2, 0.25) is 0 Å². The molecule has 2 aliphatic rings. The van der Waals surface area contributed by atoms with E-state index in [1.54, 1.807) is 4.90 Å². The predicted octanol–water partition coefficient (Wildman–Crippen LogP) is 6.26. The first-order valence-electron chi connectivity index (χ1n) is 12.5. The second-order valence-electron chi connectivity index (χ2n) is 10.5. The average Bonchev–Trinajstić information content (AvgIpc) is 2.84. The zero-order chi connectivity index (χ0) is 25.1. The van der Waals surface area contributed by atoms with Gasteiger partial charge in [0.15, 0.2) is 0 Å². The zero-order valence-corrected chi connectivity index (χ0v) is 20.6. The van der Waals surface area contributed by atoms with Crippen LogP contribution in [0, 0.1) is 11.3 Å². The van der Waals surface area contributed by atoms with Gasteiger partial charge in [0.25, 0.3) is 5.91 Å². The maximum absolute atomic E-state index is 12.8. The number of carbonyl (C=O) groups excluding carboxylic acids is 1. The molecule has 0 saturated carbocycles. The maximum Gasteiger partial charge on any atom is 0.416 e. The van der Waals surface area contributed by atoms with E-state index in [0.717, 1.165) is 63.2 Å². The van der Waals surface area contributed by atoms with Gasteiger partial charge < -0.3 is 9.64 Å². The van der Waals surface area contributed by atoms with E-state index in [1.807, 2.05) is 12.1 Å². The molecule has 0 bridgehead atoms. The highest BCUT2D eigenvalue weighted by molar-refractivity contribution is 5.94. The summed E-state index contributed by atoms with van der Waals surface area (Å²) in [4.78, 5) is 17.1. The lowest BCUT2D eigenvalue weighted by Crippen LogP contribution is -2.48. The Morgan fingerprint density at radius 3 is 2.14 bits per heavy atom. The summed E-state index contributed by atoms with van der Waals surface area (Å²) in [5.41, 5.74) is 1.07. The Kier molecular flexibility index (Phi) is 7.74. The van der Waals surface area contributed by atoms with Crippen molar-refractivity contribution in [2.24, 2.45) is 11.3 Å². The molecule has 2 heterocycles. The van der Waals surface area contributed by atoms with Crippen LogP contribution in [0.15, 0.2) is 48.5 Å². The standard InChI is InChI=1S/C28H35F3N2O2/c1-21(2)20-35-25-6-4-3-5-23(25)19-32-15-11-27(12-16-32)13-17-33(18-14-27)26(34)22-7-9-24(10-8-22)28(29,30)31/h3-10,21H,11-20H2,1-2H3. The Labute approximate surface area is 206 Å². The van der Waals surface area contributed by atoms with Crippen LogP contribution in [0.5, 0.6) is 5.75 Å². The predicted molar refractivity (Wildman–Crippen MR) is 130 cm³/mol. The normalized spacial score (nSPS) is 18.7. The molecule has 2 fully saturated rings. The minimum atomic E-state index is -4.39. The molecule has 35 heavy (non-hydrogen) atoms. The van der Waals surface area contributed by atoms with Crippen molar-refractivity contribution < 1.29 is 22.7 Å². The minimum absolute atomic E-state index is 0.177. The van der Waals surface area contributed by atoms with Gasteiger partial charge in [-0.2, -0.15) is 13.2 Å². The van der Waals surface area contributed by atoms with Gasteiger partial charge in [-0.15, -0.1) is 0 Å². The summed E-state index contributed by atoms with van der Waals surface area (Å²) < 4.78 is 44.4. The van der Waals surface area contributed by atoms with Gasteiger partial charge in [-0.25, -0.2) is 0 Å². The Bertz CT molecular complexity index is 986. The van der Waals surface area contributed by atoms with Crippen LogP contribution >= 0.6 is 0 Å². The summed E-state index contributed by atoms with van der Waals surface area (Å²) >= 11 is 0. The van der Waals surface area contributed by atoms with E-state index in [4.69, 9.17) is 4.74 Å². The van der Waals surface area contributed by atoms with Gasteiger partial charge in [-0.1, -0.05) is 32.0 Å². The van der Waals surface area contributed by atoms with Crippen LogP contribution in [0.2, 0.25) is 0 Å². The minimum Gasteiger partial charge on any atom is -0.493 e. The van der Waals surface area contributed by atoms with Crippen LogP contribution in [0.1, 0.15) is 61.0 Å². The molecule has 2 aliphatic heterocycles. The Balaban J connectivity index is 1.28. The van der Waals surface area contributed by atoms with Crippen LogP contribution < -0.4 is 4.74 Å². The lowest BCUT2D eigenvalue weighted by Gasteiger charge is -2.47. The molecule has 2 aromatic carbocycles. The van der Waals surface area contributed by atoms with E-state index in [9.17, 15) is 18.0 Å². The highest BCUT2D eigenvalue weighted by atomic mass is 19.4. The van der Waals surface area contributed by atoms with Crippen LogP contribution in [0.3, 0.4) is 0 Å². The number of ether oxygens (including phenoxy) is 1. The first-order valence-corrected chi connectivity index (χ1v) is 12.5. The van der Waals surface area contributed by atoms with Crippen molar-refractivity contribution in [3.05, 3.63) is 65.2 Å². The number of alkyl halides is 3. The second-order valence-corrected chi connectivity index (χ2v) is 10.5. The van der Waals surface area contributed by atoms with E-state index in [2.05, 4.69) is 30.9 Å². The van der Waals surface area contributed by atoms with Gasteiger partial charge in [-0.3, -0.25) is 9.69 Å². The molecule has 4 rings (SSSR count). The third-order valence-electron chi connectivity index (χ3n) is 7.43. The molecule has 0 unspecified atom stereocenters. The number of hydrogen-bond donors (Lipinski definition) is 0. The summed E-state index contributed by atoms with van der Waals surface area (Å²) in [5.74, 6) is 1.27. The number of piperidine rings is 2. The van der Waals surface area contributed by atoms with Crippen molar-refractivity contribution in [3.63, 3.8) is 0 Å². The van der Waals surface area contributed by atoms with E-state index in [-0.39, 0.29) is 11.3 Å². The van der Waals surface area contributed by atoms with Crippen molar-refractivity contribution in [1.29, 1.82) is 0 Å². The molecule has 2 aromatic rings. The monoisotopic (exact) mass is 488 g/mol. The number of carbonyl (C=O) groups is 1. The number of halogens is 3. The first kappa shape index (κ1) is 25.5. The number of likely N-dealkylation sites (tertiary alicyclic amines) is 2. The fraction of sp³-hybridized carbons (Fsp3) is 0.536. The lowest BCUT2D eigenvalue weighted by molar-refractivity contribution is -0.137. The van der Waals surface area contributed by atoms with E-state index >= 15 is 0 Å². The largest absolute Gasteiger partial charge is 0.493 e. The van der Waals surface area contributed by atoms with Crippen molar-refractivity contribution in [2.45, 2.75) is 52.3 Å². The quantitative estimate of drug-likeness (QED) is 0.481. The van der Waals surface area contributed by atoms with Gasteiger partial charge >= 0.3 is 6.18 Å². The van der Waals surface area contributed by atoms with Crippen LogP contribution in [0.25, 0.3) is 0 Å². The first-order chi connectivity index (χ1) is 16.7. The Morgan fingerprint density at radius 2 is 1.54 bits per heavy atom. The second kappa shape index (κ2) is 10.6. The van der Waals surface area contributed by atoms with Crippen molar-refractivity contribution >= 4 is 5.91 Å². The van der Waals surface area contributed by atoms with Crippen LogP contribution in [-0.2, 0) is 12.7 Å². The summed E-state index contributed by atoms with van der Waals surface area (Å²) in [6, 6.07) is 12.8. The molecule has 0 N–H and O–H groups in total. The van der Waals surface area contributed by atoms with Gasteiger partial charge in [0.05, 0.1) is 12.2 Å².